The highest BCUT2D eigenvalue weighted by molar-refractivity contribution is 6.74. The number of Topliss-reactive ketones (excluding diaryl/α,β-unsaturated/α-hetero) is 1. The lowest BCUT2D eigenvalue weighted by Gasteiger charge is -2.49. The van der Waals surface area contributed by atoms with E-state index in [9.17, 15) is 9.59 Å². The molecule has 1 saturated carbocycles. The molecular formula is C31H32O5Si. The van der Waals surface area contributed by atoms with Crippen LogP contribution in [0.3, 0.4) is 0 Å². The molecule has 7 rings (SSSR count). The fourth-order valence-electron chi connectivity index (χ4n) is 6.85. The first kappa shape index (κ1) is 23.2. The first-order valence-corrected chi connectivity index (χ1v) is 16.2. The first-order valence-electron chi connectivity index (χ1n) is 13.3. The molecular weight excluding hydrogens is 480 g/mol. The monoisotopic (exact) mass is 512 g/mol. The van der Waals surface area contributed by atoms with Crippen molar-refractivity contribution in [2.24, 2.45) is 23.7 Å². The molecule has 37 heavy (non-hydrogen) atoms. The minimum absolute atomic E-state index is 0.0313. The molecule has 4 aliphatic carbocycles. The Labute approximate surface area is 218 Å². The van der Waals surface area contributed by atoms with Gasteiger partial charge >= 0.3 is 5.79 Å². The maximum Gasteiger partial charge on any atom is 0.302 e. The fourth-order valence-corrected chi connectivity index (χ4v) is 8.11. The number of hydrogen-bond acceptors (Lipinski definition) is 5. The molecule has 5 atom stereocenters. The minimum atomic E-state index is -2.29. The van der Waals surface area contributed by atoms with Crippen LogP contribution in [0, 0.1) is 23.7 Å². The molecule has 1 aliphatic heterocycles. The summed E-state index contributed by atoms with van der Waals surface area (Å²) in [5.41, 5.74) is 0.767. The topological polar surface area (TPSA) is 61.8 Å². The van der Waals surface area contributed by atoms with Crippen LogP contribution < -0.4 is 9.47 Å². The average molecular weight is 513 g/mol. The van der Waals surface area contributed by atoms with Gasteiger partial charge in [-0.2, -0.15) is 0 Å². The summed E-state index contributed by atoms with van der Waals surface area (Å²) in [4.78, 5) is 28.1. The molecule has 6 heteroatoms. The molecule has 1 heterocycles. The Morgan fingerprint density at radius 3 is 2.27 bits per heavy atom. The predicted octanol–water partition coefficient (Wildman–Crippen LogP) is 6.15. The second kappa shape index (κ2) is 7.33. The molecule has 5 aliphatic rings. The molecule has 2 bridgehead atoms. The van der Waals surface area contributed by atoms with Crippen LogP contribution in [0.5, 0.6) is 11.5 Å². The molecule has 0 saturated heterocycles. The smallest absolute Gasteiger partial charge is 0.302 e. The van der Waals surface area contributed by atoms with E-state index in [1.54, 1.807) is 6.08 Å². The Kier molecular flexibility index (Phi) is 4.59. The predicted molar refractivity (Wildman–Crippen MR) is 144 cm³/mol. The van der Waals surface area contributed by atoms with Gasteiger partial charge in [-0.25, -0.2) is 0 Å². The van der Waals surface area contributed by atoms with Crippen molar-refractivity contribution in [3.05, 3.63) is 71.8 Å². The Balaban J connectivity index is 1.43. The van der Waals surface area contributed by atoms with E-state index in [0.29, 0.717) is 22.6 Å². The Bertz CT molecular complexity index is 1430. The van der Waals surface area contributed by atoms with Gasteiger partial charge in [0.2, 0.25) is 0 Å². The molecule has 1 spiro atoms. The number of hydrogen-bond donors (Lipinski definition) is 0. The standard InChI is InChI=1S/C31H32O5Si/c1-30(2,3)37(4,5)36-29-25-19-13-12-18(16-19)24(25)28(33)27-26(29)20(32)14-15-31(27)34-21-10-6-8-17-9-7-11-22(35-31)23(17)21/h6-15,18-19,24-25,29H,16H2,1-5H3/t18-,19+,24-,25+,29+/m1/s1. The molecule has 1 fully saturated rings. The van der Waals surface area contributed by atoms with Crippen molar-refractivity contribution < 1.29 is 23.5 Å². The van der Waals surface area contributed by atoms with E-state index < -0.39 is 20.2 Å². The van der Waals surface area contributed by atoms with E-state index in [0.717, 1.165) is 17.2 Å². The third-order valence-corrected chi connectivity index (χ3v) is 14.1. The lowest BCUT2D eigenvalue weighted by Crippen LogP contribution is -2.58. The zero-order valence-electron chi connectivity index (χ0n) is 21.9. The maximum absolute atomic E-state index is 14.4. The van der Waals surface area contributed by atoms with Gasteiger partial charge in [0.15, 0.2) is 19.9 Å². The summed E-state index contributed by atoms with van der Waals surface area (Å²) >= 11 is 0. The van der Waals surface area contributed by atoms with Gasteiger partial charge < -0.3 is 13.9 Å². The van der Waals surface area contributed by atoms with Crippen molar-refractivity contribution in [3.63, 3.8) is 0 Å². The van der Waals surface area contributed by atoms with Gasteiger partial charge in [0.25, 0.3) is 0 Å². The van der Waals surface area contributed by atoms with Crippen LogP contribution in [0.15, 0.2) is 71.8 Å². The quantitative estimate of drug-likeness (QED) is 0.357. The number of benzene rings is 2. The summed E-state index contributed by atoms with van der Waals surface area (Å²) < 4.78 is 20.3. The molecule has 0 aromatic heterocycles. The summed E-state index contributed by atoms with van der Waals surface area (Å²) in [6.07, 6.45) is 8.03. The Hall–Kier alpha value is -2.96. The zero-order chi connectivity index (χ0) is 25.9. The highest BCUT2D eigenvalue weighted by Gasteiger charge is 2.63. The number of allylic oxidation sites excluding steroid dienone is 3. The van der Waals surface area contributed by atoms with Crippen molar-refractivity contribution in [2.45, 2.75) is 57.2 Å². The van der Waals surface area contributed by atoms with Gasteiger partial charge in [-0.3, -0.25) is 9.59 Å². The van der Waals surface area contributed by atoms with Crippen LogP contribution in [0.4, 0.5) is 0 Å². The maximum atomic E-state index is 14.4. The van der Waals surface area contributed by atoms with Gasteiger partial charge in [0, 0.05) is 23.5 Å². The Morgan fingerprint density at radius 1 is 0.973 bits per heavy atom. The molecule has 190 valence electrons. The molecule has 0 unspecified atom stereocenters. The van der Waals surface area contributed by atoms with E-state index in [1.807, 2.05) is 36.4 Å². The number of fused-ring (bicyclic) bond motifs is 6. The molecule has 2 aromatic carbocycles. The summed E-state index contributed by atoms with van der Waals surface area (Å²) in [5, 5.41) is 1.83. The normalized spacial score (nSPS) is 31.0. The van der Waals surface area contributed by atoms with Gasteiger partial charge in [0.05, 0.1) is 17.1 Å². The zero-order valence-corrected chi connectivity index (χ0v) is 22.9. The van der Waals surface area contributed by atoms with E-state index in [2.05, 4.69) is 46.0 Å². The summed E-state index contributed by atoms with van der Waals surface area (Å²) in [7, 11) is -2.29. The van der Waals surface area contributed by atoms with E-state index in [-0.39, 0.29) is 40.3 Å². The van der Waals surface area contributed by atoms with Crippen LogP contribution in [-0.2, 0) is 14.0 Å². The number of ketones is 2. The van der Waals surface area contributed by atoms with E-state index in [1.165, 1.54) is 6.08 Å². The third-order valence-electron chi connectivity index (χ3n) is 9.62. The van der Waals surface area contributed by atoms with Gasteiger partial charge in [0.1, 0.15) is 11.5 Å². The second-order valence-corrected chi connectivity index (χ2v) is 17.4. The van der Waals surface area contributed by atoms with Crippen LogP contribution in [0.25, 0.3) is 10.8 Å². The van der Waals surface area contributed by atoms with E-state index >= 15 is 0 Å². The first-order chi connectivity index (χ1) is 17.5. The lowest BCUT2D eigenvalue weighted by atomic mass is 9.65. The summed E-state index contributed by atoms with van der Waals surface area (Å²) in [5.74, 6) is -0.288. The molecule has 2 aromatic rings. The lowest BCUT2D eigenvalue weighted by molar-refractivity contribution is -0.133. The SMILES string of the molecule is CC(C)(C)[Si](C)(C)O[C@@H]1C2=C(C(=O)[C@H]3[C@@H]1[C@H]1C=C[C@@H]3C1)C1(C=CC2=O)Oc2cccc3cccc(c23)O1. The molecule has 0 radical (unpaired) electrons. The van der Waals surface area contributed by atoms with Crippen molar-refractivity contribution in [2.75, 3.05) is 0 Å². The number of rotatable bonds is 2. The third kappa shape index (κ3) is 3.06. The molecule has 0 N–H and O–H groups in total. The largest absolute Gasteiger partial charge is 0.444 e. The fraction of sp³-hybridized carbons (Fsp3) is 0.419. The van der Waals surface area contributed by atoms with Crippen molar-refractivity contribution in [1.82, 2.24) is 0 Å². The van der Waals surface area contributed by atoms with Crippen LogP contribution in [-0.4, -0.2) is 31.8 Å². The highest BCUT2D eigenvalue weighted by atomic mass is 28.4. The van der Waals surface area contributed by atoms with Gasteiger partial charge in [-0.1, -0.05) is 57.2 Å². The Morgan fingerprint density at radius 2 is 1.62 bits per heavy atom. The average Bonchev–Trinajstić information content (AvgIpc) is 3.46. The molecule has 5 nitrogen and oxygen atoms in total. The van der Waals surface area contributed by atoms with Gasteiger partial charge in [-0.15, -0.1) is 0 Å². The number of carbonyl (C=O) groups excluding carboxylic acids is 2. The highest BCUT2D eigenvalue weighted by Crippen LogP contribution is 2.59. The summed E-state index contributed by atoms with van der Waals surface area (Å²) in [6, 6.07) is 11.7. The summed E-state index contributed by atoms with van der Waals surface area (Å²) in [6.45, 7) is 11.0. The molecule has 0 amide bonds. The second-order valence-electron chi connectivity index (χ2n) is 12.7. The number of ether oxygens (including phenoxy) is 2. The van der Waals surface area contributed by atoms with Crippen molar-refractivity contribution in [1.29, 1.82) is 0 Å². The van der Waals surface area contributed by atoms with Crippen LogP contribution >= 0.6 is 0 Å². The number of carbonyl (C=O) groups is 2. The minimum Gasteiger partial charge on any atom is -0.444 e. The van der Waals surface area contributed by atoms with E-state index in [4.69, 9.17) is 13.9 Å². The van der Waals surface area contributed by atoms with Crippen LogP contribution in [0.2, 0.25) is 18.1 Å². The van der Waals surface area contributed by atoms with Crippen molar-refractivity contribution in [3.8, 4) is 11.5 Å². The van der Waals surface area contributed by atoms with Crippen LogP contribution in [0.1, 0.15) is 27.2 Å². The van der Waals surface area contributed by atoms with Crippen molar-refractivity contribution >= 4 is 30.7 Å². The van der Waals surface area contributed by atoms with Gasteiger partial charge in [-0.05, 0) is 60.0 Å².